The van der Waals surface area contributed by atoms with E-state index in [1.165, 1.54) is 116 Å². The Bertz CT molecular complexity index is 4840. The first-order chi connectivity index (χ1) is 48.5. The third-order valence-electron chi connectivity index (χ3n) is 18.4. The fraction of sp³-hybridized carbons (Fsp3) is 0.172. The van der Waals surface area contributed by atoms with Gasteiger partial charge in [-0.3, -0.25) is 43.7 Å². The van der Waals surface area contributed by atoms with E-state index in [-0.39, 0.29) is 36.4 Å². The Hall–Kier alpha value is -11.7. The summed E-state index contributed by atoms with van der Waals surface area (Å²) in [6, 6.07) is 78.3. The third-order valence-corrected chi connectivity index (χ3v) is 18.4. The Kier molecular flexibility index (Phi) is 23.4. The second-order valence-corrected chi connectivity index (χ2v) is 26.8. The summed E-state index contributed by atoms with van der Waals surface area (Å²) in [7, 11) is 0. The third kappa shape index (κ3) is 16.9. The molecule has 15 rings (SSSR count). The van der Waals surface area contributed by atoms with Crippen molar-refractivity contribution in [3.05, 3.63) is 270 Å². The number of carboxylic acids is 3. The normalized spacial score (nSPS) is 12.7. The van der Waals surface area contributed by atoms with Gasteiger partial charge in [-0.1, -0.05) is 224 Å². The van der Waals surface area contributed by atoms with E-state index < -0.39 is 71.9 Å². The molecule has 0 saturated carbocycles. The van der Waals surface area contributed by atoms with Crippen molar-refractivity contribution in [1.29, 1.82) is 0 Å². The minimum absolute atomic E-state index is 0. The van der Waals surface area contributed by atoms with Crippen molar-refractivity contribution in [3.8, 4) is 67.2 Å². The fourth-order valence-electron chi connectivity index (χ4n) is 13.2. The summed E-state index contributed by atoms with van der Waals surface area (Å²) in [5.74, 6) is -10.3. The number of hydrogen-bond acceptors (Lipinski definition) is 15. The van der Waals surface area contributed by atoms with Crippen molar-refractivity contribution >= 4 is 84.9 Å². The maximum Gasteiger partial charge on any atom is 3.00 e. The van der Waals surface area contributed by atoms with Gasteiger partial charge in [0.25, 0.3) is 0 Å². The van der Waals surface area contributed by atoms with Crippen molar-refractivity contribution in [2.45, 2.75) is 97.8 Å². The molecule has 103 heavy (non-hydrogen) atoms. The van der Waals surface area contributed by atoms with Crippen LogP contribution in [-0.4, -0.2) is 67.6 Å². The van der Waals surface area contributed by atoms with E-state index in [0.29, 0.717) is 0 Å². The van der Waals surface area contributed by atoms with Crippen LogP contribution in [0.1, 0.15) is 115 Å². The molecule has 0 fully saturated rings. The predicted octanol–water partition coefficient (Wildman–Crippen LogP) is 13.5. The number of rotatable bonds is 12. The van der Waals surface area contributed by atoms with Crippen LogP contribution in [0.5, 0.6) is 0 Å². The van der Waals surface area contributed by atoms with Crippen LogP contribution < -0.4 is 15.3 Å². The second kappa shape index (κ2) is 31.9. The minimum Gasteiger partial charge on any atom is -0.542 e. The number of hydrogen-bond donors (Lipinski definition) is 0. The summed E-state index contributed by atoms with van der Waals surface area (Å²) in [5, 5.41) is 36.1. The quantitative estimate of drug-likeness (QED) is 0.0813. The Morgan fingerprint density at radius 1 is 0.282 bits per heavy atom. The fourth-order valence-corrected chi connectivity index (χ4v) is 13.2. The van der Waals surface area contributed by atoms with Gasteiger partial charge in [0, 0.05) is 67.7 Å². The van der Waals surface area contributed by atoms with Crippen LogP contribution in [-0.2, 0) is 79.5 Å². The van der Waals surface area contributed by atoms with Gasteiger partial charge in [-0.25, -0.2) is 0 Å². The number of Topliss-reactive ketones (excluding diaryl/α,β-unsaturated/α-hetero) is 6. The van der Waals surface area contributed by atoms with Crippen molar-refractivity contribution in [3.63, 3.8) is 0 Å². The van der Waals surface area contributed by atoms with Crippen LogP contribution >= 0.6 is 0 Å². The standard InChI is InChI=1S/3C24H19N.3C5H6O4.Ir/c3*1-24(2)21-10-6-5-9-19(21)20-12-11-17(13-22(20)24)23-14-16-7-3-4-8-18(16)15-25-23;3*1-3(6)2-4(7)5(8)9;/h3*3-15H,1-2H3;3*2H2,1H3,(H,8,9);/q;;;;;;+3/p-3. The number of carboxylic acid groups (broad SMARTS) is 3. The number of carbonyl (C=O) groups is 9. The maximum absolute atomic E-state index is 10.1. The summed E-state index contributed by atoms with van der Waals surface area (Å²) in [6.07, 6.45) is 4.21. The van der Waals surface area contributed by atoms with E-state index in [1.807, 2.05) is 18.6 Å². The molecule has 0 atom stereocenters. The van der Waals surface area contributed by atoms with Crippen molar-refractivity contribution in [2.75, 3.05) is 0 Å². The number of benzene rings is 9. The Balaban J connectivity index is 0.000000152. The molecule has 3 aliphatic carbocycles. The average Bonchev–Trinajstić information content (AvgIpc) is 1.60. The van der Waals surface area contributed by atoms with Crippen LogP contribution in [0.3, 0.4) is 0 Å². The largest absolute Gasteiger partial charge is 3.00 e. The number of carbonyl (C=O) groups excluding carboxylic acids is 9. The Morgan fingerprint density at radius 3 is 0.718 bits per heavy atom. The molecule has 15 nitrogen and oxygen atoms in total. The summed E-state index contributed by atoms with van der Waals surface area (Å²) in [4.78, 5) is 103. The van der Waals surface area contributed by atoms with Gasteiger partial charge in [0.15, 0.2) is 17.3 Å². The molecule has 0 N–H and O–H groups in total. The molecular formula is C87H72IrN3O12. The smallest absolute Gasteiger partial charge is 0.542 e. The van der Waals surface area contributed by atoms with Crippen molar-refractivity contribution < 1.29 is 78.6 Å². The van der Waals surface area contributed by atoms with Crippen molar-refractivity contribution in [1.82, 2.24) is 15.0 Å². The van der Waals surface area contributed by atoms with Gasteiger partial charge in [-0.05, 0) is 140 Å². The molecule has 516 valence electrons. The summed E-state index contributed by atoms with van der Waals surface area (Å²) >= 11 is 0. The summed E-state index contributed by atoms with van der Waals surface area (Å²) in [5.41, 5.74) is 23.3. The van der Waals surface area contributed by atoms with Gasteiger partial charge in [0.2, 0.25) is 0 Å². The van der Waals surface area contributed by atoms with Gasteiger partial charge in [0.1, 0.15) is 35.3 Å². The molecule has 9 aromatic carbocycles. The first-order valence-corrected chi connectivity index (χ1v) is 33.0. The molecular weight excluding hydrogens is 1470 g/mol. The number of aromatic nitrogens is 3. The molecule has 0 amide bonds. The van der Waals surface area contributed by atoms with E-state index in [2.05, 4.69) is 260 Å². The molecule has 12 aromatic rings. The summed E-state index contributed by atoms with van der Waals surface area (Å²) in [6.45, 7) is 17.3. The molecule has 3 heterocycles. The van der Waals surface area contributed by atoms with Crippen LogP contribution in [0, 0.1) is 0 Å². The zero-order valence-electron chi connectivity index (χ0n) is 58.2. The monoisotopic (exact) mass is 1540 g/mol. The van der Waals surface area contributed by atoms with E-state index in [9.17, 15) is 58.5 Å². The predicted molar refractivity (Wildman–Crippen MR) is 390 cm³/mol. The Morgan fingerprint density at radius 2 is 0.495 bits per heavy atom. The number of nitrogens with zero attached hydrogens (tertiary/aromatic N) is 3. The van der Waals surface area contributed by atoms with Crippen LogP contribution in [0.25, 0.3) is 99.5 Å². The van der Waals surface area contributed by atoms with E-state index in [0.717, 1.165) is 37.9 Å². The molecule has 0 spiro atoms. The molecule has 0 aliphatic heterocycles. The first-order valence-electron chi connectivity index (χ1n) is 33.0. The molecule has 3 aliphatic rings. The van der Waals surface area contributed by atoms with E-state index in [4.69, 9.17) is 15.0 Å². The minimum atomic E-state index is -1.80. The van der Waals surface area contributed by atoms with Crippen molar-refractivity contribution in [2.24, 2.45) is 0 Å². The zero-order chi connectivity index (χ0) is 73.4. The topological polar surface area (TPSA) is 261 Å². The number of ketones is 6. The molecule has 0 bridgehead atoms. The van der Waals surface area contributed by atoms with Gasteiger partial charge < -0.3 is 29.7 Å². The molecule has 0 unspecified atom stereocenters. The number of pyridine rings is 3. The second-order valence-electron chi connectivity index (χ2n) is 26.8. The summed E-state index contributed by atoms with van der Waals surface area (Å²) < 4.78 is 0. The SMILES string of the molecule is CC(=O)CC(=O)C(=O)[O-].CC(=O)CC(=O)C(=O)[O-].CC(=O)CC(=O)C(=O)[O-].CC1(C)c2ccccc2-c2ccc(-c3cc4ccccc4cn3)cc21.CC1(C)c2ccccc2-c2ccc(-c3cc4ccccc4cn3)cc21.CC1(C)c2ccccc2-c2ccc(-c3cc4ccccc4cn3)cc21.[Ir+3]. The Labute approximate surface area is 610 Å². The first kappa shape index (κ1) is 75.5. The van der Waals surface area contributed by atoms with E-state index in [1.54, 1.807) is 0 Å². The van der Waals surface area contributed by atoms with Gasteiger partial charge >= 0.3 is 20.1 Å². The average molecular weight is 1540 g/mol. The van der Waals surface area contributed by atoms with E-state index >= 15 is 0 Å². The van der Waals surface area contributed by atoms with Crippen LogP contribution in [0.15, 0.2) is 237 Å². The molecule has 0 saturated heterocycles. The van der Waals surface area contributed by atoms with Gasteiger partial charge in [-0.15, -0.1) is 0 Å². The molecule has 0 radical (unpaired) electrons. The van der Waals surface area contributed by atoms with Crippen LogP contribution in [0.4, 0.5) is 0 Å². The zero-order valence-corrected chi connectivity index (χ0v) is 60.6. The number of aliphatic carboxylic acids is 3. The van der Waals surface area contributed by atoms with Crippen LogP contribution in [0.2, 0.25) is 0 Å². The number of fused-ring (bicyclic) bond motifs is 12. The van der Waals surface area contributed by atoms with Gasteiger partial charge in [0.05, 0.1) is 36.3 Å². The molecule has 3 aromatic heterocycles. The maximum atomic E-state index is 10.1. The molecule has 16 heteroatoms. The van der Waals surface area contributed by atoms with Gasteiger partial charge in [-0.2, -0.15) is 0 Å².